The van der Waals surface area contributed by atoms with E-state index >= 15 is 0 Å². The van der Waals surface area contributed by atoms with Crippen LogP contribution < -0.4 is 21.7 Å². The SMILES string of the molecule is CNC(=O)c1sc(Nc2ccc(C[C@@H](NC(=O)c3cccc(Cl)c3)C(N)=O)cc2)nc1C. The van der Waals surface area contributed by atoms with E-state index < -0.39 is 17.9 Å². The van der Waals surface area contributed by atoms with Gasteiger partial charge in [0.15, 0.2) is 5.13 Å². The van der Waals surface area contributed by atoms with Gasteiger partial charge in [0.1, 0.15) is 10.9 Å². The molecule has 1 heterocycles. The van der Waals surface area contributed by atoms with Crippen molar-refractivity contribution in [1.82, 2.24) is 15.6 Å². The van der Waals surface area contributed by atoms with Gasteiger partial charge in [0.05, 0.1) is 5.69 Å². The number of carbonyl (C=O) groups excluding carboxylic acids is 3. The van der Waals surface area contributed by atoms with Crippen LogP contribution in [0.4, 0.5) is 10.8 Å². The Hall–Kier alpha value is -3.43. The fourth-order valence-corrected chi connectivity index (χ4v) is 4.07. The van der Waals surface area contributed by atoms with Crippen LogP contribution in [0.15, 0.2) is 48.5 Å². The average Bonchev–Trinajstić information content (AvgIpc) is 3.13. The summed E-state index contributed by atoms with van der Waals surface area (Å²) in [6.07, 6.45) is 0.235. The molecule has 0 saturated heterocycles. The number of primary amides is 1. The smallest absolute Gasteiger partial charge is 0.263 e. The predicted octanol–water partition coefficient (Wildman–Crippen LogP) is 3.03. The highest BCUT2D eigenvalue weighted by molar-refractivity contribution is 7.17. The van der Waals surface area contributed by atoms with Crippen LogP contribution in [0.5, 0.6) is 0 Å². The molecule has 32 heavy (non-hydrogen) atoms. The van der Waals surface area contributed by atoms with Crippen LogP contribution in [-0.2, 0) is 11.2 Å². The zero-order valence-electron chi connectivity index (χ0n) is 17.4. The second-order valence-electron chi connectivity index (χ2n) is 6.98. The molecule has 0 saturated carbocycles. The molecule has 0 radical (unpaired) electrons. The van der Waals surface area contributed by atoms with Gasteiger partial charge < -0.3 is 21.7 Å². The molecule has 1 atom stereocenters. The van der Waals surface area contributed by atoms with Gasteiger partial charge in [0.2, 0.25) is 5.91 Å². The number of nitrogens with zero attached hydrogens (tertiary/aromatic N) is 1. The van der Waals surface area contributed by atoms with E-state index in [1.807, 2.05) is 24.3 Å². The molecule has 0 unspecified atom stereocenters. The quantitative estimate of drug-likeness (QED) is 0.401. The van der Waals surface area contributed by atoms with Crippen molar-refractivity contribution >= 4 is 51.5 Å². The lowest BCUT2D eigenvalue weighted by Gasteiger charge is -2.16. The van der Waals surface area contributed by atoms with Crippen LogP contribution in [0.1, 0.15) is 31.3 Å². The van der Waals surface area contributed by atoms with Crippen molar-refractivity contribution in [2.45, 2.75) is 19.4 Å². The molecule has 3 rings (SSSR count). The predicted molar refractivity (Wildman–Crippen MR) is 126 cm³/mol. The van der Waals surface area contributed by atoms with Gasteiger partial charge in [0.25, 0.3) is 11.8 Å². The molecule has 0 aliphatic carbocycles. The van der Waals surface area contributed by atoms with Crippen molar-refractivity contribution in [3.63, 3.8) is 0 Å². The van der Waals surface area contributed by atoms with Gasteiger partial charge in [0, 0.05) is 29.7 Å². The number of nitrogens with two attached hydrogens (primary N) is 1. The average molecular weight is 472 g/mol. The lowest BCUT2D eigenvalue weighted by Crippen LogP contribution is -2.45. The van der Waals surface area contributed by atoms with Crippen LogP contribution >= 0.6 is 22.9 Å². The van der Waals surface area contributed by atoms with E-state index in [0.717, 1.165) is 11.3 Å². The number of nitrogens with one attached hydrogen (secondary N) is 3. The lowest BCUT2D eigenvalue weighted by atomic mass is 10.0. The summed E-state index contributed by atoms with van der Waals surface area (Å²) in [5.41, 5.74) is 8.07. The first-order valence-electron chi connectivity index (χ1n) is 9.68. The van der Waals surface area contributed by atoms with E-state index in [-0.39, 0.29) is 12.3 Å². The maximum atomic E-state index is 12.4. The summed E-state index contributed by atoms with van der Waals surface area (Å²) in [5.74, 6) is -1.25. The molecule has 3 aromatic rings. The Morgan fingerprint density at radius 1 is 1.12 bits per heavy atom. The number of benzene rings is 2. The van der Waals surface area contributed by atoms with Crippen LogP contribution in [0.2, 0.25) is 5.02 Å². The molecule has 5 N–H and O–H groups in total. The molecule has 2 aromatic carbocycles. The number of aryl methyl sites for hydroxylation is 1. The Labute approximate surface area is 194 Å². The Kier molecular flexibility index (Phi) is 7.45. The molecule has 1 aromatic heterocycles. The number of hydrogen-bond donors (Lipinski definition) is 4. The van der Waals surface area contributed by atoms with Crippen molar-refractivity contribution in [3.05, 3.63) is 75.3 Å². The number of thiazole rings is 1. The maximum absolute atomic E-state index is 12.4. The van der Waals surface area contributed by atoms with Crippen molar-refractivity contribution in [2.24, 2.45) is 5.73 Å². The van der Waals surface area contributed by atoms with Crippen molar-refractivity contribution < 1.29 is 14.4 Å². The second kappa shape index (κ2) is 10.3. The van der Waals surface area contributed by atoms with Gasteiger partial charge in [-0.15, -0.1) is 0 Å². The Balaban J connectivity index is 1.66. The van der Waals surface area contributed by atoms with Crippen LogP contribution in [-0.4, -0.2) is 35.8 Å². The number of aromatic nitrogens is 1. The minimum Gasteiger partial charge on any atom is -0.368 e. The van der Waals surface area contributed by atoms with Crippen molar-refractivity contribution in [3.8, 4) is 0 Å². The monoisotopic (exact) mass is 471 g/mol. The maximum Gasteiger partial charge on any atom is 0.263 e. The van der Waals surface area contributed by atoms with Gasteiger partial charge in [-0.2, -0.15) is 0 Å². The van der Waals surface area contributed by atoms with Crippen molar-refractivity contribution in [2.75, 3.05) is 12.4 Å². The van der Waals surface area contributed by atoms with Crippen LogP contribution in [0.3, 0.4) is 0 Å². The molecule has 3 amide bonds. The molecule has 10 heteroatoms. The molecule has 0 bridgehead atoms. The van der Waals surface area contributed by atoms with E-state index in [0.29, 0.717) is 26.3 Å². The topological polar surface area (TPSA) is 126 Å². The largest absolute Gasteiger partial charge is 0.368 e. The Morgan fingerprint density at radius 2 is 1.84 bits per heavy atom. The third-order valence-electron chi connectivity index (χ3n) is 4.61. The molecular formula is C22H22ClN5O3S. The molecular weight excluding hydrogens is 450 g/mol. The lowest BCUT2D eigenvalue weighted by molar-refractivity contribution is -0.119. The minimum absolute atomic E-state index is 0.180. The van der Waals surface area contributed by atoms with E-state index in [9.17, 15) is 14.4 Å². The minimum atomic E-state index is -0.878. The van der Waals surface area contributed by atoms with Gasteiger partial charge in [-0.3, -0.25) is 14.4 Å². The van der Waals surface area contributed by atoms with Crippen LogP contribution in [0, 0.1) is 6.92 Å². The zero-order valence-corrected chi connectivity index (χ0v) is 19.0. The summed E-state index contributed by atoms with van der Waals surface area (Å²) < 4.78 is 0. The van der Waals surface area contributed by atoms with E-state index in [2.05, 4.69) is 20.9 Å². The number of anilines is 2. The third-order valence-corrected chi connectivity index (χ3v) is 5.92. The Bertz CT molecular complexity index is 1150. The van der Waals surface area contributed by atoms with Gasteiger partial charge in [-0.05, 0) is 42.8 Å². The highest BCUT2D eigenvalue weighted by Gasteiger charge is 2.20. The van der Waals surface area contributed by atoms with E-state index in [4.69, 9.17) is 17.3 Å². The molecule has 166 valence electrons. The van der Waals surface area contributed by atoms with Gasteiger partial charge in [-0.1, -0.05) is 41.1 Å². The van der Waals surface area contributed by atoms with Crippen LogP contribution in [0.25, 0.3) is 0 Å². The first-order chi connectivity index (χ1) is 15.3. The fourth-order valence-electron chi connectivity index (χ4n) is 2.95. The summed E-state index contributed by atoms with van der Waals surface area (Å²) in [4.78, 5) is 41.1. The normalized spacial score (nSPS) is 11.5. The summed E-state index contributed by atoms with van der Waals surface area (Å²) in [7, 11) is 1.57. The summed E-state index contributed by atoms with van der Waals surface area (Å²) >= 11 is 7.18. The summed E-state index contributed by atoms with van der Waals surface area (Å²) in [6, 6.07) is 12.9. The highest BCUT2D eigenvalue weighted by atomic mass is 35.5. The van der Waals surface area contributed by atoms with Gasteiger partial charge in [-0.25, -0.2) is 4.98 Å². The number of halogens is 1. The fraction of sp³-hybridized carbons (Fsp3) is 0.182. The zero-order chi connectivity index (χ0) is 23.3. The van der Waals surface area contributed by atoms with E-state index in [1.54, 1.807) is 32.2 Å². The number of rotatable bonds is 8. The number of amides is 3. The first kappa shape index (κ1) is 23.2. The first-order valence-corrected chi connectivity index (χ1v) is 10.9. The molecule has 8 nitrogen and oxygen atoms in total. The number of hydrogen-bond acceptors (Lipinski definition) is 6. The third kappa shape index (κ3) is 5.83. The summed E-state index contributed by atoms with van der Waals surface area (Å²) in [6.45, 7) is 1.77. The van der Waals surface area contributed by atoms with Gasteiger partial charge >= 0.3 is 0 Å². The number of carbonyl (C=O) groups is 3. The Morgan fingerprint density at radius 3 is 2.47 bits per heavy atom. The molecule has 0 aliphatic rings. The second-order valence-corrected chi connectivity index (χ2v) is 8.41. The van der Waals surface area contributed by atoms with E-state index in [1.165, 1.54) is 17.4 Å². The molecule has 0 fully saturated rings. The highest BCUT2D eigenvalue weighted by Crippen LogP contribution is 2.26. The van der Waals surface area contributed by atoms with Crippen molar-refractivity contribution in [1.29, 1.82) is 0 Å². The molecule has 0 spiro atoms. The molecule has 0 aliphatic heterocycles. The summed E-state index contributed by atoms with van der Waals surface area (Å²) in [5, 5.41) is 9.42. The standard InChI is InChI=1S/C22H22ClN5O3S/c1-12-18(21(31)25-2)32-22(26-12)27-16-8-6-13(7-9-16)10-17(19(24)29)28-20(30)14-4-3-5-15(23)11-14/h3-9,11,17H,10H2,1-2H3,(H2,24,29)(H,25,31)(H,26,27)(H,28,30)/t17-/m1/s1.